The zero-order chi connectivity index (χ0) is 13.6. The Labute approximate surface area is 119 Å². The van der Waals surface area contributed by atoms with Crippen LogP contribution >= 0.6 is 11.6 Å². The number of nitrogens with zero attached hydrogens (tertiary/aromatic N) is 2. The fourth-order valence-corrected chi connectivity index (χ4v) is 3.55. The lowest BCUT2D eigenvalue weighted by molar-refractivity contribution is 0.487. The van der Waals surface area contributed by atoms with Crippen molar-refractivity contribution in [3.8, 4) is 0 Å². The van der Waals surface area contributed by atoms with Gasteiger partial charge >= 0.3 is 0 Å². The van der Waals surface area contributed by atoms with Gasteiger partial charge in [-0.2, -0.15) is 0 Å². The largest absolute Gasteiger partial charge is 0.323 e. The third-order valence-corrected chi connectivity index (χ3v) is 4.52. The van der Waals surface area contributed by atoms with Crippen molar-refractivity contribution in [3.63, 3.8) is 0 Å². The molecule has 1 heterocycles. The molecule has 3 heteroatoms. The van der Waals surface area contributed by atoms with Gasteiger partial charge in [0.2, 0.25) is 0 Å². The highest BCUT2D eigenvalue weighted by Gasteiger charge is 2.28. The van der Waals surface area contributed by atoms with Crippen molar-refractivity contribution in [3.05, 3.63) is 29.6 Å². The summed E-state index contributed by atoms with van der Waals surface area (Å²) in [5, 5.41) is -0.0392. The maximum atomic E-state index is 6.36. The maximum absolute atomic E-state index is 6.36. The van der Waals surface area contributed by atoms with E-state index in [2.05, 4.69) is 36.6 Å². The van der Waals surface area contributed by atoms with E-state index in [1.54, 1.807) is 0 Å². The molecule has 1 aromatic heterocycles. The van der Waals surface area contributed by atoms with Crippen molar-refractivity contribution in [1.82, 2.24) is 9.55 Å². The van der Waals surface area contributed by atoms with Crippen molar-refractivity contribution in [1.29, 1.82) is 0 Å². The van der Waals surface area contributed by atoms with Crippen LogP contribution in [0, 0.1) is 12.8 Å². The van der Waals surface area contributed by atoms with Crippen LogP contribution in [0.5, 0.6) is 0 Å². The summed E-state index contributed by atoms with van der Waals surface area (Å²) in [5.41, 5.74) is 3.67. The van der Waals surface area contributed by atoms with Crippen LogP contribution < -0.4 is 0 Å². The standard InChI is InChI=1S/C16H21ClN2/c1-10-7-8-13(9-10)19-15-11(2)5-4-6-14(15)18-16(19)12(3)17/h4-6,10,12-13H,7-9H2,1-3H3. The van der Waals surface area contributed by atoms with Crippen molar-refractivity contribution in [2.24, 2.45) is 5.92 Å². The molecule has 2 nitrogen and oxygen atoms in total. The molecular weight excluding hydrogens is 256 g/mol. The molecule has 0 N–H and O–H groups in total. The van der Waals surface area contributed by atoms with Crippen LogP contribution in [0.3, 0.4) is 0 Å². The first-order valence-corrected chi connectivity index (χ1v) is 7.63. The second-order valence-electron chi connectivity index (χ2n) is 5.97. The smallest absolute Gasteiger partial charge is 0.127 e. The number of aromatic nitrogens is 2. The van der Waals surface area contributed by atoms with E-state index in [4.69, 9.17) is 16.6 Å². The summed E-state index contributed by atoms with van der Waals surface area (Å²) in [5.74, 6) is 1.84. The second kappa shape index (κ2) is 4.82. The van der Waals surface area contributed by atoms with E-state index in [-0.39, 0.29) is 5.38 Å². The lowest BCUT2D eigenvalue weighted by atomic mass is 10.1. The molecule has 1 fully saturated rings. The highest BCUT2D eigenvalue weighted by Crippen LogP contribution is 2.39. The first-order valence-electron chi connectivity index (χ1n) is 7.19. The number of rotatable bonds is 2. The average Bonchev–Trinajstić information content (AvgIpc) is 2.93. The number of hydrogen-bond acceptors (Lipinski definition) is 1. The van der Waals surface area contributed by atoms with Gasteiger partial charge in [0.1, 0.15) is 5.82 Å². The van der Waals surface area contributed by atoms with E-state index >= 15 is 0 Å². The molecule has 0 radical (unpaired) electrons. The molecule has 3 rings (SSSR count). The van der Waals surface area contributed by atoms with Gasteiger partial charge in [-0.15, -0.1) is 11.6 Å². The summed E-state index contributed by atoms with van der Waals surface area (Å²) in [6.45, 7) is 6.53. The summed E-state index contributed by atoms with van der Waals surface area (Å²) in [6, 6.07) is 6.91. The van der Waals surface area contributed by atoms with Gasteiger partial charge in [0, 0.05) is 6.04 Å². The van der Waals surface area contributed by atoms with Gasteiger partial charge < -0.3 is 4.57 Å². The van der Waals surface area contributed by atoms with Crippen molar-refractivity contribution >= 4 is 22.6 Å². The molecule has 0 saturated heterocycles. The molecule has 1 aliphatic rings. The van der Waals surface area contributed by atoms with Crippen LogP contribution in [-0.4, -0.2) is 9.55 Å². The van der Waals surface area contributed by atoms with Gasteiger partial charge in [0.25, 0.3) is 0 Å². The summed E-state index contributed by atoms with van der Waals surface area (Å²) in [6.07, 6.45) is 3.81. The summed E-state index contributed by atoms with van der Waals surface area (Å²) >= 11 is 6.36. The molecule has 3 atom stereocenters. The molecule has 19 heavy (non-hydrogen) atoms. The van der Waals surface area contributed by atoms with Crippen LogP contribution in [-0.2, 0) is 0 Å². The van der Waals surface area contributed by atoms with Gasteiger partial charge in [-0.1, -0.05) is 19.1 Å². The minimum absolute atomic E-state index is 0.0392. The molecule has 0 spiro atoms. The highest BCUT2D eigenvalue weighted by atomic mass is 35.5. The maximum Gasteiger partial charge on any atom is 0.127 e. The second-order valence-corrected chi connectivity index (χ2v) is 6.63. The Bertz CT molecular complexity index is 600. The zero-order valence-electron chi connectivity index (χ0n) is 11.9. The average molecular weight is 277 g/mol. The predicted octanol–water partition coefficient (Wildman–Crippen LogP) is 5.01. The van der Waals surface area contributed by atoms with Gasteiger partial charge in [0.05, 0.1) is 16.4 Å². The monoisotopic (exact) mass is 276 g/mol. The van der Waals surface area contributed by atoms with Crippen molar-refractivity contribution in [2.45, 2.75) is 51.5 Å². The van der Waals surface area contributed by atoms with Crippen molar-refractivity contribution in [2.75, 3.05) is 0 Å². The number of halogens is 1. The Balaban J connectivity index is 2.21. The van der Waals surface area contributed by atoms with Crippen LogP contribution in [0.2, 0.25) is 0 Å². The predicted molar refractivity (Wildman–Crippen MR) is 80.8 cm³/mol. The lowest BCUT2D eigenvalue weighted by Gasteiger charge is -2.18. The fraction of sp³-hybridized carbons (Fsp3) is 0.562. The van der Waals surface area contributed by atoms with E-state index in [0.717, 1.165) is 17.3 Å². The van der Waals surface area contributed by atoms with E-state index in [1.165, 1.54) is 30.3 Å². The van der Waals surface area contributed by atoms with E-state index in [0.29, 0.717) is 6.04 Å². The summed E-state index contributed by atoms with van der Waals surface area (Å²) < 4.78 is 2.42. The van der Waals surface area contributed by atoms with E-state index in [9.17, 15) is 0 Å². The molecule has 2 aromatic rings. The first-order chi connectivity index (χ1) is 9.08. The minimum Gasteiger partial charge on any atom is -0.323 e. The third-order valence-electron chi connectivity index (χ3n) is 4.33. The van der Waals surface area contributed by atoms with Crippen LogP contribution in [0.1, 0.15) is 55.9 Å². The molecule has 3 unspecified atom stereocenters. The van der Waals surface area contributed by atoms with Crippen LogP contribution in [0.25, 0.3) is 11.0 Å². The van der Waals surface area contributed by atoms with E-state index < -0.39 is 0 Å². The molecular formula is C16H21ClN2. The van der Waals surface area contributed by atoms with Gasteiger partial charge in [-0.3, -0.25) is 0 Å². The Morgan fingerprint density at radius 2 is 2.16 bits per heavy atom. The number of para-hydroxylation sites is 1. The number of alkyl halides is 1. The SMILES string of the molecule is Cc1cccc2nc(C(C)Cl)n(C3CCC(C)C3)c12. The molecule has 102 valence electrons. The molecule has 1 aromatic carbocycles. The molecule has 1 saturated carbocycles. The normalized spacial score (nSPS) is 25.1. The minimum atomic E-state index is -0.0392. The van der Waals surface area contributed by atoms with Crippen LogP contribution in [0.4, 0.5) is 0 Å². The van der Waals surface area contributed by atoms with E-state index in [1.807, 2.05) is 6.92 Å². The number of imidazole rings is 1. The number of aryl methyl sites for hydroxylation is 1. The fourth-order valence-electron chi connectivity index (χ4n) is 3.40. The Hall–Kier alpha value is -1.02. The van der Waals surface area contributed by atoms with Crippen LogP contribution in [0.15, 0.2) is 18.2 Å². The number of fused-ring (bicyclic) bond motifs is 1. The topological polar surface area (TPSA) is 17.8 Å². The molecule has 0 aliphatic heterocycles. The number of hydrogen-bond donors (Lipinski definition) is 0. The summed E-state index contributed by atoms with van der Waals surface area (Å²) in [4.78, 5) is 4.77. The van der Waals surface area contributed by atoms with Gasteiger partial charge in [-0.25, -0.2) is 4.98 Å². The Morgan fingerprint density at radius 3 is 2.79 bits per heavy atom. The lowest BCUT2D eigenvalue weighted by Crippen LogP contribution is -2.10. The van der Waals surface area contributed by atoms with Gasteiger partial charge in [0.15, 0.2) is 0 Å². The Morgan fingerprint density at radius 1 is 1.37 bits per heavy atom. The highest BCUT2D eigenvalue weighted by molar-refractivity contribution is 6.20. The quantitative estimate of drug-likeness (QED) is 0.705. The molecule has 1 aliphatic carbocycles. The molecule has 0 bridgehead atoms. The Kier molecular flexibility index (Phi) is 3.30. The van der Waals surface area contributed by atoms with Gasteiger partial charge in [-0.05, 0) is 50.7 Å². The number of benzene rings is 1. The zero-order valence-corrected chi connectivity index (χ0v) is 12.6. The summed E-state index contributed by atoms with van der Waals surface area (Å²) in [7, 11) is 0. The van der Waals surface area contributed by atoms with Crippen molar-refractivity contribution < 1.29 is 0 Å². The molecule has 0 amide bonds. The first kappa shape index (κ1) is 13.0. The third kappa shape index (κ3) is 2.16.